The minimum absolute atomic E-state index is 0.137. The first-order valence-corrected chi connectivity index (χ1v) is 8.66. The maximum Gasteiger partial charge on any atom is 0.410 e. The zero-order chi connectivity index (χ0) is 18.5. The van der Waals surface area contributed by atoms with Gasteiger partial charge in [-0.2, -0.15) is 0 Å². The fourth-order valence-electron chi connectivity index (χ4n) is 3.16. The van der Waals surface area contributed by atoms with Crippen LogP contribution in [0.3, 0.4) is 0 Å². The van der Waals surface area contributed by atoms with Crippen LogP contribution in [-0.2, 0) is 25.7 Å². The second-order valence-electron chi connectivity index (χ2n) is 6.40. The Morgan fingerprint density at radius 1 is 1.19 bits per heavy atom. The number of carbonyl (C=O) groups is 4. The van der Waals surface area contributed by atoms with Gasteiger partial charge < -0.3 is 10.1 Å². The van der Waals surface area contributed by atoms with Crippen molar-refractivity contribution in [1.82, 2.24) is 15.5 Å². The Morgan fingerprint density at radius 2 is 1.96 bits per heavy atom. The first-order valence-electron chi connectivity index (χ1n) is 8.66. The predicted octanol–water partition coefficient (Wildman–Crippen LogP) is 0.709. The lowest BCUT2D eigenvalue weighted by Crippen LogP contribution is -2.56. The molecule has 1 aromatic carbocycles. The van der Waals surface area contributed by atoms with Crippen LogP contribution in [0.2, 0.25) is 0 Å². The van der Waals surface area contributed by atoms with Gasteiger partial charge in [-0.3, -0.25) is 24.6 Å². The van der Waals surface area contributed by atoms with Gasteiger partial charge in [0.1, 0.15) is 18.7 Å². The second-order valence-corrected chi connectivity index (χ2v) is 6.40. The van der Waals surface area contributed by atoms with E-state index in [0.717, 1.165) is 5.56 Å². The summed E-state index contributed by atoms with van der Waals surface area (Å²) in [4.78, 5) is 49.2. The zero-order valence-corrected chi connectivity index (χ0v) is 14.3. The van der Waals surface area contributed by atoms with Gasteiger partial charge in [-0.25, -0.2) is 4.79 Å². The van der Waals surface area contributed by atoms with Crippen molar-refractivity contribution in [3.05, 3.63) is 35.9 Å². The van der Waals surface area contributed by atoms with E-state index < -0.39 is 30.0 Å². The molecule has 2 aliphatic rings. The number of hydrogen-bond acceptors (Lipinski definition) is 5. The highest BCUT2D eigenvalue weighted by atomic mass is 16.6. The molecule has 0 aliphatic carbocycles. The van der Waals surface area contributed by atoms with E-state index in [0.29, 0.717) is 19.4 Å². The fraction of sp³-hybridized carbons (Fsp3) is 0.444. The molecular weight excluding hydrogens is 338 g/mol. The summed E-state index contributed by atoms with van der Waals surface area (Å²) >= 11 is 0. The molecule has 2 fully saturated rings. The SMILES string of the molecule is O=C1CC[C@H](NC(=O)[C@@H]2CCCN2C(=O)OCc2ccccc2)C(=O)N1. The number of carbonyl (C=O) groups excluding carboxylic acids is 4. The van der Waals surface area contributed by atoms with Crippen LogP contribution in [0.5, 0.6) is 0 Å². The molecule has 2 heterocycles. The molecule has 0 unspecified atom stereocenters. The third-order valence-corrected chi connectivity index (χ3v) is 4.55. The maximum atomic E-state index is 12.5. The van der Waals surface area contributed by atoms with Gasteiger partial charge in [-0.15, -0.1) is 0 Å². The number of ether oxygens (including phenoxy) is 1. The van der Waals surface area contributed by atoms with Gasteiger partial charge in [0.25, 0.3) is 0 Å². The van der Waals surface area contributed by atoms with Crippen molar-refractivity contribution in [3.63, 3.8) is 0 Å². The minimum atomic E-state index is -0.747. The first kappa shape index (κ1) is 17.9. The highest BCUT2D eigenvalue weighted by Gasteiger charge is 2.37. The maximum absolute atomic E-state index is 12.5. The Bertz CT molecular complexity index is 706. The summed E-state index contributed by atoms with van der Waals surface area (Å²) in [7, 11) is 0. The number of amides is 4. The molecule has 2 N–H and O–H groups in total. The summed E-state index contributed by atoms with van der Waals surface area (Å²) in [5, 5.41) is 4.84. The molecular formula is C18H21N3O5. The Hall–Kier alpha value is -2.90. The van der Waals surface area contributed by atoms with Gasteiger partial charge >= 0.3 is 6.09 Å². The average molecular weight is 359 g/mol. The minimum Gasteiger partial charge on any atom is -0.445 e. The molecule has 1 aromatic rings. The summed E-state index contributed by atoms with van der Waals surface area (Å²) in [5.74, 6) is -1.24. The molecule has 2 saturated heterocycles. The molecule has 0 radical (unpaired) electrons. The predicted molar refractivity (Wildman–Crippen MR) is 90.7 cm³/mol. The molecule has 0 saturated carbocycles. The molecule has 3 rings (SSSR count). The lowest BCUT2D eigenvalue weighted by molar-refractivity contribution is -0.138. The second kappa shape index (κ2) is 7.99. The monoisotopic (exact) mass is 359 g/mol. The summed E-state index contributed by atoms with van der Waals surface area (Å²) < 4.78 is 5.30. The Morgan fingerprint density at radius 3 is 2.69 bits per heavy atom. The van der Waals surface area contributed by atoms with E-state index >= 15 is 0 Å². The van der Waals surface area contributed by atoms with Crippen molar-refractivity contribution >= 4 is 23.8 Å². The Labute approximate surface area is 150 Å². The lowest BCUT2D eigenvalue weighted by atomic mass is 10.1. The highest BCUT2D eigenvalue weighted by Crippen LogP contribution is 2.20. The van der Waals surface area contributed by atoms with E-state index in [9.17, 15) is 19.2 Å². The Kier molecular flexibility index (Phi) is 5.50. The van der Waals surface area contributed by atoms with Crippen LogP contribution in [0.4, 0.5) is 4.79 Å². The fourth-order valence-corrected chi connectivity index (χ4v) is 3.16. The number of benzene rings is 1. The standard InChI is InChI=1S/C18H21N3O5/c22-15-9-8-13(16(23)20-15)19-17(24)14-7-4-10-21(14)18(25)26-11-12-5-2-1-3-6-12/h1-3,5-6,13-14H,4,7-11H2,(H,19,24)(H,20,22,23)/t13-,14-/m0/s1. The van der Waals surface area contributed by atoms with Gasteiger partial charge in [-0.05, 0) is 24.8 Å². The summed E-state index contributed by atoms with van der Waals surface area (Å²) in [6, 6.07) is 7.88. The van der Waals surface area contributed by atoms with Gasteiger partial charge in [-0.1, -0.05) is 30.3 Å². The van der Waals surface area contributed by atoms with Gasteiger partial charge in [0.15, 0.2) is 0 Å². The molecule has 0 aromatic heterocycles. The molecule has 138 valence electrons. The molecule has 8 heteroatoms. The van der Waals surface area contributed by atoms with Crippen molar-refractivity contribution in [2.75, 3.05) is 6.54 Å². The molecule has 0 bridgehead atoms. The van der Waals surface area contributed by atoms with Gasteiger partial charge in [0.05, 0.1) is 0 Å². The molecule has 0 spiro atoms. The normalized spacial score (nSPS) is 22.7. The van der Waals surface area contributed by atoms with Crippen molar-refractivity contribution in [2.45, 2.75) is 44.4 Å². The van der Waals surface area contributed by atoms with E-state index in [-0.39, 0.29) is 25.4 Å². The number of imide groups is 1. The summed E-state index contributed by atoms with van der Waals surface area (Å²) in [6.45, 7) is 0.568. The molecule has 8 nitrogen and oxygen atoms in total. The quantitative estimate of drug-likeness (QED) is 0.771. The van der Waals surface area contributed by atoms with Crippen LogP contribution in [-0.4, -0.2) is 47.3 Å². The number of likely N-dealkylation sites (tertiary alicyclic amines) is 1. The van der Waals surface area contributed by atoms with Crippen molar-refractivity contribution < 1.29 is 23.9 Å². The number of hydrogen-bond donors (Lipinski definition) is 2. The van der Waals surface area contributed by atoms with Crippen molar-refractivity contribution in [3.8, 4) is 0 Å². The summed E-state index contributed by atoms with van der Waals surface area (Å²) in [6.07, 6.45) is 1.11. The number of rotatable bonds is 4. The first-order chi connectivity index (χ1) is 12.5. The van der Waals surface area contributed by atoms with Crippen LogP contribution in [0.15, 0.2) is 30.3 Å². The van der Waals surface area contributed by atoms with E-state index in [1.165, 1.54) is 4.90 Å². The zero-order valence-electron chi connectivity index (χ0n) is 14.3. The van der Waals surface area contributed by atoms with Crippen LogP contribution in [0.1, 0.15) is 31.2 Å². The largest absolute Gasteiger partial charge is 0.445 e. The van der Waals surface area contributed by atoms with E-state index in [4.69, 9.17) is 4.74 Å². The highest BCUT2D eigenvalue weighted by molar-refractivity contribution is 6.02. The Balaban J connectivity index is 1.55. The third kappa shape index (κ3) is 4.19. The van der Waals surface area contributed by atoms with E-state index in [1.807, 2.05) is 30.3 Å². The van der Waals surface area contributed by atoms with Crippen molar-refractivity contribution in [1.29, 1.82) is 0 Å². The van der Waals surface area contributed by atoms with Gasteiger partial charge in [0, 0.05) is 13.0 Å². The molecule has 2 atom stereocenters. The van der Waals surface area contributed by atoms with Gasteiger partial charge in [0.2, 0.25) is 17.7 Å². The summed E-state index contributed by atoms with van der Waals surface area (Å²) in [5.41, 5.74) is 0.865. The molecule has 26 heavy (non-hydrogen) atoms. The van der Waals surface area contributed by atoms with Crippen molar-refractivity contribution in [2.24, 2.45) is 0 Å². The van der Waals surface area contributed by atoms with Crippen LogP contribution in [0, 0.1) is 0 Å². The van der Waals surface area contributed by atoms with Crippen LogP contribution < -0.4 is 10.6 Å². The molecule has 2 aliphatic heterocycles. The van der Waals surface area contributed by atoms with E-state index in [2.05, 4.69) is 10.6 Å². The van der Waals surface area contributed by atoms with Crippen LogP contribution in [0.25, 0.3) is 0 Å². The lowest BCUT2D eigenvalue weighted by Gasteiger charge is -2.27. The van der Waals surface area contributed by atoms with E-state index in [1.54, 1.807) is 0 Å². The molecule has 4 amide bonds. The number of nitrogens with zero attached hydrogens (tertiary/aromatic N) is 1. The number of piperidine rings is 1. The van der Waals surface area contributed by atoms with Crippen LogP contribution >= 0.6 is 0 Å². The third-order valence-electron chi connectivity index (χ3n) is 4.55. The number of nitrogens with one attached hydrogen (secondary N) is 2. The average Bonchev–Trinajstić information content (AvgIpc) is 3.13. The smallest absolute Gasteiger partial charge is 0.410 e. The topological polar surface area (TPSA) is 105 Å².